The van der Waals surface area contributed by atoms with Gasteiger partial charge in [-0.3, -0.25) is 4.55 Å². The molecule has 5 heteroatoms. The van der Waals surface area contributed by atoms with Crippen LogP contribution in [0.5, 0.6) is 5.75 Å². The van der Waals surface area contributed by atoms with E-state index >= 15 is 0 Å². The fourth-order valence-corrected chi connectivity index (χ4v) is 1.92. The van der Waals surface area contributed by atoms with Crippen molar-refractivity contribution in [3.05, 3.63) is 28.8 Å². The zero-order chi connectivity index (χ0) is 10.9. The van der Waals surface area contributed by atoms with E-state index in [1.54, 1.807) is 19.9 Å². The van der Waals surface area contributed by atoms with E-state index in [1.165, 1.54) is 6.07 Å². The highest BCUT2D eigenvalue weighted by atomic mass is 32.2. The Balaban J connectivity index is 3.17. The summed E-state index contributed by atoms with van der Waals surface area (Å²) in [4.78, 5) is 0. The van der Waals surface area contributed by atoms with Crippen molar-refractivity contribution in [1.82, 2.24) is 0 Å². The molecule has 1 rings (SSSR count). The summed E-state index contributed by atoms with van der Waals surface area (Å²) in [5.74, 6) is -0.290. The van der Waals surface area contributed by atoms with Crippen LogP contribution in [0, 0.1) is 13.8 Å². The van der Waals surface area contributed by atoms with Crippen molar-refractivity contribution in [3.8, 4) is 5.75 Å². The highest BCUT2D eigenvalue weighted by Gasteiger charge is 2.10. The second-order valence-electron chi connectivity index (χ2n) is 3.29. The SMILES string of the molecule is Cc1cc(CS(=O)(=O)O)c(C)cc1O. The first kappa shape index (κ1) is 11.0. The van der Waals surface area contributed by atoms with Gasteiger partial charge in [0.1, 0.15) is 11.5 Å². The summed E-state index contributed by atoms with van der Waals surface area (Å²) >= 11 is 0. The van der Waals surface area contributed by atoms with Gasteiger partial charge >= 0.3 is 0 Å². The van der Waals surface area contributed by atoms with Gasteiger partial charge in [0, 0.05) is 0 Å². The van der Waals surface area contributed by atoms with Crippen LogP contribution < -0.4 is 0 Å². The van der Waals surface area contributed by atoms with Crippen LogP contribution >= 0.6 is 0 Å². The minimum atomic E-state index is -4.01. The topological polar surface area (TPSA) is 74.6 Å². The lowest BCUT2D eigenvalue weighted by Gasteiger charge is -2.06. The third-order valence-corrected chi connectivity index (χ3v) is 2.67. The van der Waals surface area contributed by atoms with E-state index in [1.807, 2.05) is 0 Å². The van der Waals surface area contributed by atoms with Gasteiger partial charge in [-0.05, 0) is 36.6 Å². The molecule has 0 heterocycles. The average Bonchev–Trinajstić information content (AvgIpc) is 1.97. The maximum atomic E-state index is 10.6. The van der Waals surface area contributed by atoms with Crippen molar-refractivity contribution >= 4 is 10.1 Å². The monoisotopic (exact) mass is 216 g/mol. The van der Waals surface area contributed by atoms with E-state index in [4.69, 9.17) is 4.55 Å². The summed E-state index contributed by atoms with van der Waals surface area (Å²) in [6, 6.07) is 3.04. The Labute approximate surface area is 82.9 Å². The van der Waals surface area contributed by atoms with E-state index in [-0.39, 0.29) is 5.75 Å². The molecule has 0 fully saturated rings. The molecule has 2 N–H and O–H groups in total. The molecule has 0 atom stereocenters. The molecule has 0 amide bonds. The normalized spacial score (nSPS) is 11.6. The molecule has 0 saturated heterocycles. The van der Waals surface area contributed by atoms with Gasteiger partial charge in [0.2, 0.25) is 0 Å². The zero-order valence-corrected chi connectivity index (χ0v) is 8.80. The van der Waals surface area contributed by atoms with Gasteiger partial charge in [-0.25, -0.2) is 0 Å². The van der Waals surface area contributed by atoms with E-state index in [0.29, 0.717) is 16.7 Å². The molecule has 0 aromatic heterocycles. The summed E-state index contributed by atoms with van der Waals surface area (Å²) < 4.78 is 29.9. The number of hydrogen-bond donors (Lipinski definition) is 2. The van der Waals surface area contributed by atoms with Crippen LogP contribution in [-0.4, -0.2) is 18.1 Å². The lowest BCUT2D eigenvalue weighted by Crippen LogP contribution is -2.03. The predicted molar refractivity (Wildman–Crippen MR) is 52.8 cm³/mol. The fourth-order valence-electron chi connectivity index (χ4n) is 1.21. The van der Waals surface area contributed by atoms with Crippen molar-refractivity contribution in [1.29, 1.82) is 0 Å². The second-order valence-corrected chi connectivity index (χ2v) is 4.74. The molecule has 0 aliphatic heterocycles. The van der Waals surface area contributed by atoms with Gasteiger partial charge in [0.05, 0.1) is 0 Å². The van der Waals surface area contributed by atoms with Crippen LogP contribution in [0.1, 0.15) is 16.7 Å². The number of aromatic hydroxyl groups is 1. The fraction of sp³-hybridized carbons (Fsp3) is 0.333. The van der Waals surface area contributed by atoms with E-state index in [0.717, 1.165) is 0 Å². The van der Waals surface area contributed by atoms with E-state index in [9.17, 15) is 13.5 Å². The first-order valence-corrected chi connectivity index (χ1v) is 5.65. The lowest BCUT2D eigenvalue weighted by molar-refractivity contribution is 0.469. The van der Waals surface area contributed by atoms with Crippen LogP contribution in [0.25, 0.3) is 0 Å². The molecule has 0 aliphatic carbocycles. The van der Waals surface area contributed by atoms with Crippen LogP contribution in [-0.2, 0) is 15.9 Å². The van der Waals surface area contributed by atoms with Crippen LogP contribution in [0.4, 0.5) is 0 Å². The molecular formula is C9H12O4S. The predicted octanol–water partition coefficient (Wildman–Crippen LogP) is 1.40. The maximum Gasteiger partial charge on any atom is 0.269 e. The molecule has 0 saturated carbocycles. The summed E-state index contributed by atoms with van der Waals surface area (Å²) in [5, 5.41) is 9.31. The standard InChI is InChI=1S/C9H12O4S/c1-6-4-9(10)7(2)3-8(6)5-14(11,12)13/h3-4,10H,5H2,1-2H3,(H,11,12,13). The Bertz CT molecular complexity index is 448. The summed E-state index contributed by atoms with van der Waals surface area (Å²) in [6.07, 6.45) is 0. The van der Waals surface area contributed by atoms with Crippen molar-refractivity contribution < 1.29 is 18.1 Å². The average molecular weight is 216 g/mol. The van der Waals surface area contributed by atoms with Crippen molar-refractivity contribution in [2.24, 2.45) is 0 Å². The molecule has 0 aliphatic rings. The number of phenols is 1. The molecule has 14 heavy (non-hydrogen) atoms. The minimum absolute atomic E-state index is 0.126. The third-order valence-electron chi connectivity index (χ3n) is 1.99. The van der Waals surface area contributed by atoms with Crippen molar-refractivity contribution in [2.45, 2.75) is 19.6 Å². The van der Waals surface area contributed by atoms with Crippen molar-refractivity contribution in [3.63, 3.8) is 0 Å². The smallest absolute Gasteiger partial charge is 0.269 e. The van der Waals surface area contributed by atoms with Gasteiger partial charge < -0.3 is 5.11 Å². The summed E-state index contributed by atoms with van der Waals surface area (Å²) in [5.41, 5.74) is 1.74. The number of phenolic OH excluding ortho intramolecular Hbond substituents is 1. The molecule has 1 aromatic rings. The highest BCUT2D eigenvalue weighted by molar-refractivity contribution is 7.85. The molecule has 78 valence electrons. The Morgan fingerprint density at radius 3 is 2.29 bits per heavy atom. The third kappa shape index (κ3) is 2.71. The second kappa shape index (κ2) is 3.59. The maximum absolute atomic E-state index is 10.6. The Kier molecular flexibility index (Phi) is 2.82. The first-order valence-electron chi connectivity index (χ1n) is 4.04. The molecule has 4 nitrogen and oxygen atoms in total. The molecule has 0 bridgehead atoms. The highest BCUT2D eigenvalue weighted by Crippen LogP contribution is 2.22. The van der Waals surface area contributed by atoms with Gasteiger partial charge in [-0.1, -0.05) is 6.07 Å². The lowest BCUT2D eigenvalue weighted by atomic mass is 10.1. The van der Waals surface area contributed by atoms with Gasteiger partial charge in [-0.2, -0.15) is 8.42 Å². The minimum Gasteiger partial charge on any atom is -0.508 e. The Hall–Kier alpha value is -1.07. The first-order chi connectivity index (χ1) is 6.29. The zero-order valence-electron chi connectivity index (χ0n) is 7.98. The van der Waals surface area contributed by atoms with E-state index < -0.39 is 15.9 Å². The number of benzene rings is 1. The Morgan fingerprint density at radius 2 is 1.79 bits per heavy atom. The number of aryl methyl sites for hydroxylation is 2. The van der Waals surface area contributed by atoms with Crippen LogP contribution in [0.15, 0.2) is 12.1 Å². The molecule has 0 unspecified atom stereocenters. The number of rotatable bonds is 2. The molecule has 0 spiro atoms. The van der Waals surface area contributed by atoms with Gasteiger partial charge in [-0.15, -0.1) is 0 Å². The largest absolute Gasteiger partial charge is 0.508 e. The molecule has 1 aromatic carbocycles. The summed E-state index contributed by atoms with van der Waals surface area (Å²) in [7, 11) is -4.01. The van der Waals surface area contributed by atoms with Crippen molar-refractivity contribution in [2.75, 3.05) is 0 Å². The van der Waals surface area contributed by atoms with E-state index in [2.05, 4.69) is 0 Å². The number of hydrogen-bond acceptors (Lipinski definition) is 3. The Morgan fingerprint density at radius 1 is 1.21 bits per heavy atom. The molecule has 0 radical (unpaired) electrons. The van der Waals surface area contributed by atoms with Gasteiger partial charge in [0.15, 0.2) is 0 Å². The van der Waals surface area contributed by atoms with Crippen LogP contribution in [0.2, 0.25) is 0 Å². The molecular weight excluding hydrogens is 204 g/mol. The quantitative estimate of drug-likeness (QED) is 0.733. The van der Waals surface area contributed by atoms with Crippen LogP contribution in [0.3, 0.4) is 0 Å². The van der Waals surface area contributed by atoms with Gasteiger partial charge in [0.25, 0.3) is 10.1 Å². The summed E-state index contributed by atoms with van der Waals surface area (Å²) in [6.45, 7) is 3.35.